The zero-order chi connectivity index (χ0) is 18.8. The van der Waals surface area contributed by atoms with Crippen LogP contribution in [-0.2, 0) is 13.5 Å². The molecule has 0 aliphatic heterocycles. The first-order chi connectivity index (χ1) is 13.1. The number of aromatic nitrogens is 4. The number of thiazole rings is 1. The molecule has 3 heterocycles. The van der Waals surface area contributed by atoms with E-state index in [1.807, 2.05) is 41.3 Å². The fourth-order valence-electron chi connectivity index (χ4n) is 2.85. The predicted molar refractivity (Wildman–Crippen MR) is 107 cm³/mol. The number of fused-ring (bicyclic) bond motifs is 1. The van der Waals surface area contributed by atoms with Crippen LogP contribution in [0.1, 0.15) is 16.1 Å². The molecule has 6 nitrogen and oxygen atoms in total. The molecule has 0 spiro atoms. The monoisotopic (exact) mass is 397 g/mol. The smallest absolute Gasteiger partial charge is 0.252 e. The summed E-state index contributed by atoms with van der Waals surface area (Å²) < 4.78 is 1.88. The van der Waals surface area contributed by atoms with Gasteiger partial charge in [0, 0.05) is 37.2 Å². The van der Waals surface area contributed by atoms with Crippen LogP contribution in [0.25, 0.3) is 22.6 Å². The van der Waals surface area contributed by atoms with E-state index in [0.717, 1.165) is 11.3 Å². The number of nitrogens with one attached hydrogen (secondary N) is 1. The van der Waals surface area contributed by atoms with Crippen molar-refractivity contribution in [3.05, 3.63) is 63.7 Å². The highest BCUT2D eigenvalue weighted by Gasteiger charge is 2.15. The van der Waals surface area contributed by atoms with E-state index in [1.54, 1.807) is 29.1 Å². The lowest BCUT2D eigenvalue weighted by molar-refractivity contribution is 0.0954. The lowest BCUT2D eigenvalue weighted by Gasteiger charge is -2.04. The topological polar surface area (TPSA) is 72.7 Å². The van der Waals surface area contributed by atoms with Crippen LogP contribution in [0, 0.1) is 0 Å². The number of hydrogen-bond donors (Lipinski definition) is 1. The molecule has 136 valence electrons. The summed E-state index contributed by atoms with van der Waals surface area (Å²) >= 11 is 7.84. The van der Waals surface area contributed by atoms with Gasteiger partial charge in [-0.1, -0.05) is 23.7 Å². The summed E-state index contributed by atoms with van der Waals surface area (Å²) in [6.07, 6.45) is 2.27. The van der Waals surface area contributed by atoms with Gasteiger partial charge < -0.3 is 9.88 Å². The Morgan fingerprint density at radius 2 is 2.15 bits per heavy atom. The number of amides is 1. The van der Waals surface area contributed by atoms with Gasteiger partial charge in [0.1, 0.15) is 11.3 Å². The summed E-state index contributed by atoms with van der Waals surface area (Å²) in [7, 11) is 1.88. The summed E-state index contributed by atoms with van der Waals surface area (Å²) in [6.45, 7) is 0.522. The number of carbonyl (C=O) groups is 1. The average Bonchev–Trinajstić information content (AvgIpc) is 3.30. The number of benzene rings is 1. The van der Waals surface area contributed by atoms with Crippen LogP contribution in [0.4, 0.5) is 0 Å². The highest BCUT2D eigenvalue weighted by Crippen LogP contribution is 2.28. The molecule has 1 amide bonds. The molecule has 0 atom stereocenters. The van der Waals surface area contributed by atoms with Gasteiger partial charge in [-0.25, -0.2) is 15.0 Å². The standard InChI is InChI=1S/C19H16ClN5OS/c1-25-17(14-4-2-3-5-15(14)20)24-16-8-12(9-22-18(16)25)19(26)21-7-6-13-10-27-11-23-13/h2-5,8-11H,6-7H2,1H3,(H,21,26). The van der Waals surface area contributed by atoms with Crippen LogP contribution in [0.3, 0.4) is 0 Å². The molecule has 0 unspecified atom stereocenters. The molecule has 0 fully saturated rings. The number of carbonyl (C=O) groups excluding carboxylic acids is 1. The average molecular weight is 398 g/mol. The van der Waals surface area contributed by atoms with Gasteiger partial charge in [0.15, 0.2) is 5.65 Å². The molecule has 4 rings (SSSR count). The Morgan fingerprint density at radius 3 is 2.93 bits per heavy atom. The maximum atomic E-state index is 12.4. The molecular formula is C19H16ClN5OS. The highest BCUT2D eigenvalue weighted by molar-refractivity contribution is 7.07. The summed E-state index contributed by atoms with van der Waals surface area (Å²) in [5.74, 6) is 0.536. The predicted octanol–water partition coefficient (Wildman–Crippen LogP) is 3.72. The number of imidazole rings is 1. The van der Waals surface area contributed by atoms with Crippen molar-refractivity contribution in [1.29, 1.82) is 0 Å². The number of nitrogens with zero attached hydrogens (tertiary/aromatic N) is 4. The van der Waals surface area contributed by atoms with Crippen LogP contribution in [0.5, 0.6) is 0 Å². The van der Waals surface area contributed by atoms with Crippen molar-refractivity contribution < 1.29 is 4.79 Å². The van der Waals surface area contributed by atoms with Gasteiger partial charge in [-0.2, -0.15) is 0 Å². The van der Waals surface area contributed by atoms with Gasteiger partial charge in [0.25, 0.3) is 5.91 Å². The maximum absolute atomic E-state index is 12.4. The van der Waals surface area contributed by atoms with Gasteiger partial charge in [0.2, 0.25) is 0 Å². The summed E-state index contributed by atoms with van der Waals surface area (Å²) in [5, 5.41) is 5.49. The lowest BCUT2D eigenvalue weighted by Crippen LogP contribution is -2.25. The fraction of sp³-hybridized carbons (Fsp3) is 0.158. The van der Waals surface area contributed by atoms with E-state index < -0.39 is 0 Å². The minimum Gasteiger partial charge on any atom is -0.352 e. The Labute approximate surface area is 164 Å². The second kappa shape index (κ2) is 7.46. The minimum absolute atomic E-state index is 0.176. The Bertz CT molecular complexity index is 1110. The molecule has 3 aromatic heterocycles. The second-order valence-electron chi connectivity index (χ2n) is 6.03. The van der Waals surface area contributed by atoms with Crippen LogP contribution in [0.15, 0.2) is 47.4 Å². The first kappa shape index (κ1) is 17.6. The first-order valence-electron chi connectivity index (χ1n) is 8.36. The van der Waals surface area contributed by atoms with Crippen molar-refractivity contribution >= 4 is 40.0 Å². The molecule has 1 N–H and O–H groups in total. The van der Waals surface area contributed by atoms with Crippen molar-refractivity contribution in [2.24, 2.45) is 7.05 Å². The van der Waals surface area contributed by atoms with E-state index in [1.165, 1.54) is 0 Å². The van der Waals surface area contributed by atoms with Crippen LogP contribution in [0.2, 0.25) is 5.02 Å². The number of hydrogen-bond acceptors (Lipinski definition) is 5. The summed E-state index contributed by atoms with van der Waals surface area (Å²) in [4.78, 5) is 25.7. The van der Waals surface area contributed by atoms with Gasteiger partial charge in [-0.3, -0.25) is 4.79 Å². The number of pyridine rings is 1. The molecule has 8 heteroatoms. The Hall–Kier alpha value is -2.77. The quantitative estimate of drug-likeness (QED) is 0.557. The van der Waals surface area contributed by atoms with Gasteiger partial charge >= 0.3 is 0 Å². The SMILES string of the molecule is Cn1c(-c2ccccc2Cl)nc2cc(C(=O)NCCc3cscn3)cnc21. The van der Waals surface area contributed by atoms with E-state index in [2.05, 4.69) is 20.3 Å². The van der Waals surface area contributed by atoms with Crippen molar-refractivity contribution in [1.82, 2.24) is 24.8 Å². The molecule has 0 saturated carbocycles. The van der Waals surface area contributed by atoms with E-state index in [4.69, 9.17) is 11.6 Å². The van der Waals surface area contributed by atoms with Crippen LogP contribution >= 0.6 is 22.9 Å². The van der Waals surface area contributed by atoms with E-state index in [9.17, 15) is 4.79 Å². The summed E-state index contributed by atoms with van der Waals surface area (Å²) in [6, 6.07) is 9.28. The molecule has 0 aliphatic rings. The van der Waals surface area contributed by atoms with E-state index in [-0.39, 0.29) is 5.91 Å². The lowest BCUT2D eigenvalue weighted by atomic mass is 10.2. The molecule has 4 aromatic rings. The number of rotatable bonds is 5. The summed E-state index contributed by atoms with van der Waals surface area (Å²) in [5.41, 5.74) is 5.41. The zero-order valence-electron chi connectivity index (χ0n) is 14.5. The van der Waals surface area contributed by atoms with Crippen LogP contribution in [-0.4, -0.2) is 32.0 Å². The second-order valence-corrected chi connectivity index (χ2v) is 7.15. The Kier molecular flexibility index (Phi) is 4.87. The molecule has 27 heavy (non-hydrogen) atoms. The van der Waals surface area contributed by atoms with E-state index >= 15 is 0 Å². The van der Waals surface area contributed by atoms with Crippen molar-refractivity contribution in [2.75, 3.05) is 6.54 Å². The van der Waals surface area contributed by atoms with Crippen molar-refractivity contribution in [3.8, 4) is 11.4 Å². The Balaban J connectivity index is 1.57. The molecule has 0 radical (unpaired) electrons. The van der Waals surface area contributed by atoms with Crippen molar-refractivity contribution in [3.63, 3.8) is 0 Å². The maximum Gasteiger partial charge on any atom is 0.252 e. The molecule has 0 saturated heterocycles. The largest absolute Gasteiger partial charge is 0.352 e. The van der Waals surface area contributed by atoms with Crippen LogP contribution < -0.4 is 5.32 Å². The molecule has 0 aliphatic carbocycles. The Morgan fingerprint density at radius 1 is 1.30 bits per heavy atom. The number of aryl methyl sites for hydroxylation is 1. The highest BCUT2D eigenvalue weighted by atomic mass is 35.5. The normalized spacial score (nSPS) is 11.0. The number of halogens is 1. The third-order valence-corrected chi connectivity index (χ3v) is 5.20. The minimum atomic E-state index is -0.176. The first-order valence-corrected chi connectivity index (χ1v) is 9.68. The zero-order valence-corrected chi connectivity index (χ0v) is 16.1. The van der Waals surface area contributed by atoms with E-state index in [0.29, 0.717) is 40.5 Å². The molecular weight excluding hydrogens is 382 g/mol. The third kappa shape index (κ3) is 3.56. The molecule has 0 bridgehead atoms. The van der Waals surface area contributed by atoms with Crippen molar-refractivity contribution in [2.45, 2.75) is 6.42 Å². The fourth-order valence-corrected chi connectivity index (χ4v) is 3.66. The third-order valence-electron chi connectivity index (χ3n) is 4.24. The van der Waals surface area contributed by atoms with Gasteiger partial charge in [0.05, 0.1) is 21.8 Å². The van der Waals surface area contributed by atoms with Gasteiger partial charge in [-0.15, -0.1) is 11.3 Å². The van der Waals surface area contributed by atoms with Gasteiger partial charge in [-0.05, 0) is 18.2 Å². The molecule has 1 aromatic carbocycles.